The summed E-state index contributed by atoms with van der Waals surface area (Å²) < 4.78 is 0. The van der Waals surface area contributed by atoms with Gasteiger partial charge in [-0.15, -0.1) is 0 Å². The number of rotatable bonds is 12. The van der Waals surface area contributed by atoms with Crippen molar-refractivity contribution >= 4 is 0 Å². The summed E-state index contributed by atoms with van der Waals surface area (Å²) in [6.45, 7) is 6.94. The highest BCUT2D eigenvalue weighted by Gasteiger charge is 2.02. The second-order valence-electron chi connectivity index (χ2n) is 4.48. The maximum atomic E-state index is 8.75. The molecule has 0 rings (SSSR count). The molecule has 3 nitrogen and oxygen atoms in total. The summed E-state index contributed by atoms with van der Waals surface area (Å²) in [5, 5.41) is 8.75. The van der Waals surface area contributed by atoms with Crippen LogP contribution in [0.2, 0.25) is 0 Å². The van der Waals surface area contributed by atoms with E-state index in [1.165, 1.54) is 38.8 Å². The Kier molecular flexibility index (Phi) is 12.9. The molecule has 0 amide bonds. The lowest BCUT2D eigenvalue weighted by atomic mass is 10.2. The van der Waals surface area contributed by atoms with Crippen LogP contribution in [0.4, 0.5) is 0 Å². The van der Waals surface area contributed by atoms with Crippen molar-refractivity contribution in [2.75, 3.05) is 32.8 Å². The largest absolute Gasteiger partial charge is 0.396 e. The molecule has 16 heavy (non-hydrogen) atoms. The Morgan fingerprint density at radius 1 is 0.875 bits per heavy atom. The Balaban J connectivity index is 3.43. The maximum Gasteiger partial charge on any atom is 0.0431 e. The van der Waals surface area contributed by atoms with Crippen molar-refractivity contribution < 1.29 is 5.11 Å². The summed E-state index contributed by atoms with van der Waals surface area (Å²) in [6.07, 6.45) is 8.32. The topological polar surface area (TPSA) is 49.5 Å². The fraction of sp³-hybridized carbons (Fsp3) is 1.00. The third-order valence-electron chi connectivity index (χ3n) is 2.85. The Morgan fingerprint density at radius 2 is 1.50 bits per heavy atom. The van der Waals surface area contributed by atoms with E-state index in [-0.39, 0.29) is 0 Å². The molecule has 0 radical (unpaired) electrons. The quantitative estimate of drug-likeness (QED) is 0.504. The second kappa shape index (κ2) is 12.9. The first-order valence-corrected chi connectivity index (χ1v) is 6.88. The molecule has 0 aromatic rings. The van der Waals surface area contributed by atoms with Gasteiger partial charge in [-0.1, -0.05) is 19.8 Å². The molecule has 0 fully saturated rings. The third-order valence-corrected chi connectivity index (χ3v) is 2.85. The van der Waals surface area contributed by atoms with E-state index in [4.69, 9.17) is 10.8 Å². The molecule has 0 spiro atoms. The van der Waals surface area contributed by atoms with Crippen molar-refractivity contribution in [3.8, 4) is 0 Å². The van der Waals surface area contributed by atoms with Crippen molar-refractivity contribution in [2.45, 2.75) is 51.9 Å². The smallest absolute Gasteiger partial charge is 0.0431 e. The van der Waals surface area contributed by atoms with Crippen LogP contribution in [0.5, 0.6) is 0 Å². The van der Waals surface area contributed by atoms with Gasteiger partial charge >= 0.3 is 0 Å². The van der Waals surface area contributed by atoms with Crippen LogP contribution in [0, 0.1) is 0 Å². The van der Waals surface area contributed by atoms with E-state index in [1.54, 1.807) is 0 Å². The predicted molar refractivity (Wildman–Crippen MR) is 70.6 cm³/mol. The van der Waals surface area contributed by atoms with Crippen molar-refractivity contribution in [3.05, 3.63) is 0 Å². The molecule has 98 valence electrons. The SMILES string of the molecule is CCCN(CCCCO)CCCCCCN. The fourth-order valence-corrected chi connectivity index (χ4v) is 1.93. The summed E-state index contributed by atoms with van der Waals surface area (Å²) >= 11 is 0. The summed E-state index contributed by atoms with van der Waals surface area (Å²) in [7, 11) is 0. The van der Waals surface area contributed by atoms with Gasteiger partial charge in [0, 0.05) is 6.61 Å². The lowest BCUT2D eigenvalue weighted by molar-refractivity contribution is 0.238. The van der Waals surface area contributed by atoms with Crippen LogP contribution < -0.4 is 5.73 Å². The molecule has 3 N–H and O–H groups in total. The first kappa shape index (κ1) is 15.9. The van der Waals surface area contributed by atoms with E-state index in [0.29, 0.717) is 6.61 Å². The molecule has 0 aliphatic rings. The second-order valence-corrected chi connectivity index (χ2v) is 4.48. The van der Waals surface area contributed by atoms with E-state index in [0.717, 1.165) is 32.4 Å². The van der Waals surface area contributed by atoms with Gasteiger partial charge in [-0.3, -0.25) is 0 Å². The number of unbranched alkanes of at least 4 members (excludes halogenated alkanes) is 4. The molecule has 0 aliphatic carbocycles. The standard InChI is InChI=1S/C13H30N2O/c1-2-10-15(12-7-8-13-16)11-6-4-3-5-9-14/h16H,2-14H2,1H3. The van der Waals surface area contributed by atoms with Gasteiger partial charge in [0.25, 0.3) is 0 Å². The number of nitrogens with zero attached hydrogens (tertiary/aromatic N) is 1. The number of hydrogen-bond donors (Lipinski definition) is 2. The lowest BCUT2D eigenvalue weighted by Crippen LogP contribution is -2.27. The van der Waals surface area contributed by atoms with E-state index in [2.05, 4.69) is 11.8 Å². The summed E-state index contributed by atoms with van der Waals surface area (Å²) in [4.78, 5) is 2.53. The van der Waals surface area contributed by atoms with Crippen molar-refractivity contribution in [1.82, 2.24) is 4.90 Å². The molecule has 0 aromatic heterocycles. The highest BCUT2D eigenvalue weighted by molar-refractivity contribution is 4.58. The Bertz CT molecular complexity index is 131. The molecule has 0 saturated heterocycles. The highest BCUT2D eigenvalue weighted by atomic mass is 16.2. The van der Waals surface area contributed by atoms with Crippen LogP contribution in [0.1, 0.15) is 51.9 Å². The van der Waals surface area contributed by atoms with Gasteiger partial charge in [0.05, 0.1) is 0 Å². The lowest BCUT2D eigenvalue weighted by Gasteiger charge is -2.21. The average molecular weight is 230 g/mol. The number of aliphatic hydroxyl groups excluding tert-OH is 1. The number of hydrogen-bond acceptors (Lipinski definition) is 3. The molecule has 0 atom stereocenters. The zero-order valence-electron chi connectivity index (χ0n) is 11.0. The molecular weight excluding hydrogens is 200 g/mol. The van der Waals surface area contributed by atoms with Crippen LogP contribution in [0.25, 0.3) is 0 Å². The van der Waals surface area contributed by atoms with E-state index in [1.807, 2.05) is 0 Å². The van der Waals surface area contributed by atoms with E-state index >= 15 is 0 Å². The average Bonchev–Trinajstić information content (AvgIpc) is 2.29. The van der Waals surface area contributed by atoms with E-state index < -0.39 is 0 Å². The molecule has 0 heterocycles. The summed E-state index contributed by atoms with van der Waals surface area (Å²) in [6, 6.07) is 0. The predicted octanol–water partition coefficient (Wildman–Crippen LogP) is 1.99. The van der Waals surface area contributed by atoms with Gasteiger partial charge in [0.1, 0.15) is 0 Å². The maximum absolute atomic E-state index is 8.75. The molecular formula is C13H30N2O. The molecule has 0 saturated carbocycles. The first-order chi connectivity index (χ1) is 7.85. The van der Waals surface area contributed by atoms with Crippen LogP contribution in [-0.2, 0) is 0 Å². The minimum Gasteiger partial charge on any atom is -0.396 e. The molecule has 3 heteroatoms. The zero-order chi connectivity index (χ0) is 12.1. The van der Waals surface area contributed by atoms with Gasteiger partial charge < -0.3 is 15.7 Å². The minimum absolute atomic E-state index is 0.330. The zero-order valence-corrected chi connectivity index (χ0v) is 11.0. The third kappa shape index (κ3) is 10.4. The van der Waals surface area contributed by atoms with Crippen molar-refractivity contribution in [2.24, 2.45) is 5.73 Å². The summed E-state index contributed by atoms with van der Waals surface area (Å²) in [5.74, 6) is 0. The molecule has 0 aliphatic heterocycles. The monoisotopic (exact) mass is 230 g/mol. The summed E-state index contributed by atoms with van der Waals surface area (Å²) in [5.41, 5.74) is 5.47. The Labute approximate surface area is 101 Å². The highest BCUT2D eigenvalue weighted by Crippen LogP contribution is 2.03. The molecule has 0 aromatic carbocycles. The van der Waals surface area contributed by atoms with Gasteiger partial charge in [-0.2, -0.15) is 0 Å². The molecule has 0 unspecified atom stereocenters. The van der Waals surface area contributed by atoms with Crippen molar-refractivity contribution in [1.29, 1.82) is 0 Å². The van der Waals surface area contributed by atoms with Gasteiger partial charge in [0.2, 0.25) is 0 Å². The Hall–Kier alpha value is -0.120. The van der Waals surface area contributed by atoms with Crippen LogP contribution >= 0.6 is 0 Å². The molecule has 0 bridgehead atoms. The van der Waals surface area contributed by atoms with Crippen molar-refractivity contribution in [3.63, 3.8) is 0 Å². The van der Waals surface area contributed by atoms with Gasteiger partial charge in [-0.05, 0) is 58.3 Å². The number of aliphatic hydroxyl groups is 1. The first-order valence-electron chi connectivity index (χ1n) is 6.88. The number of nitrogens with two attached hydrogens (primary N) is 1. The van der Waals surface area contributed by atoms with Crippen LogP contribution in [0.3, 0.4) is 0 Å². The van der Waals surface area contributed by atoms with Crippen LogP contribution in [-0.4, -0.2) is 42.8 Å². The Morgan fingerprint density at radius 3 is 2.06 bits per heavy atom. The normalized spacial score (nSPS) is 11.2. The van der Waals surface area contributed by atoms with Crippen LogP contribution in [0.15, 0.2) is 0 Å². The minimum atomic E-state index is 0.330. The van der Waals surface area contributed by atoms with E-state index in [9.17, 15) is 0 Å². The van der Waals surface area contributed by atoms with Gasteiger partial charge in [-0.25, -0.2) is 0 Å². The fourth-order valence-electron chi connectivity index (χ4n) is 1.93. The van der Waals surface area contributed by atoms with Gasteiger partial charge in [0.15, 0.2) is 0 Å².